The number of aliphatic hydroxyl groups excluding tert-OH is 1. The second kappa shape index (κ2) is 6.90. The Balaban J connectivity index is 2.12. The van der Waals surface area contributed by atoms with Crippen molar-refractivity contribution in [3.8, 4) is 0 Å². The van der Waals surface area contributed by atoms with E-state index in [0.717, 1.165) is 24.0 Å². The number of hydrogen-bond acceptors (Lipinski definition) is 4. The van der Waals surface area contributed by atoms with Gasteiger partial charge in [0.25, 0.3) is 0 Å². The second-order valence-electron chi connectivity index (χ2n) is 6.00. The molecule has 21 heavy (non-hydrogen) atoms. The number of rotatable bonds is 5. The molecule has 3 atom stereocenters. The fourth-order valence-corrected chi connectivity index (χ4v) is 4.35. The summed E-state index contributed by atoms with van der Waals surface area (Å²) in [6, 6.07) is 7.70. The lowest BCUT2D eigenvalue weighted by Gasteiger charge is -2.31. The highest BCUT2D eigenvalue weighted by Crippen LogP contribution is 2.36. The first-order valence-corrected chi connectivity index (χ1v) is 9.32. The zero-order chi connectivity index (χ0) is 15.5. The summed E-state index contributed by atoms with van der Waals surface area (Å²) in [4.78, 5) is 0. The van der Waals surface area contributed by atoms with Gasteiger partial charge < -0.3 is 9.84 Å². The molecular weight excluding hydrogens is 288 g/mol. The highest BCUT2D eigenvalue weighted by Gasteiger charge is 2.32. The van der Waals surface area contributed by atoms with E-state index in [-0.39, 0.29) is 11.2 Å². The summed E-state index contributed by atoms with van der Waals surface area (Å²) in [6.45, 7) is 0.511. The molecule has 1 N–H and O–H groups in total. The van der Waals surface area contributed by atoms with Crippen LogP contribution in [0.25, 0.3) is 0 Å². The van der Waals surface area contributed by atoms with Gasteiger partial charge in [-0.3, -0.25) is 0 Å². The third-order valence-electron chi connectivity index (χ3n) is 4.32. The van der Waals surface area contributed by atoms with E-state index in [1.165, 1.54) is 6.26 Å². The van der Waals surface area contributed by atoms with Crippen molar-refractivity contribution in [1.29, 1.82) is 0 Å². The van der Waals surface area contributed by atoms with Crippen LogP contribution < -0.4 is 0 Å². The lowest BCUT2D eigenvalue weighted by atomic mass is 9.82. The molecule has 1 fully saturated rings. The summed E-state index contributed by atoms with van der Waals surface area (Å²) in [5, 5.41) is 10.3. The molecule has 2 rings (SSSR count). The molecule has 1 aliphatic rings. The largest absolute Gasteiger partial charge is 0.388 e. The van der Waals surface area contributed by atoms with E-state index < -0.39 is 15.9 Å². The van der Waals surface area contributed by atoms with Crippen LogP contribution in [0.1, 0.15) is 42.9 Å². The lowest BCUT2D eigenvalue weighted by Crippen LogP contribution is -2.30. The van der Waals surface area contributed by atoms with Gasteiger partial charge in [-0.25, -0.2) is 8.42 Å². The van der Waals surface area contributed by atoms with Gasteiger partial charge >= 0.3 is 0 Å². The molecule has 3 unspecified atom stereocenters. The second-order valence-corrected chi connectivity index (χ2v) is 8.33. The molecule has 0 radical (unpaired) electrons. The average molecular weight is 312 g/mol. The number of hydrogen-bond donors (Lipinski definition) is 1. The van der Waals surface area contributed by atoms with Crippen LogP contribution in [-0.2, 0) is 21.2 Å². The molecule has 1 aromatic carbocycles. The monoisotopic (exact) mass is 312 g/mol. The van der Waals surface area contributed by atoms with Crippen molar-refractivity contribution in [1.82, 2.24) is 0 Å². The van der Waals surface area contributed by atoms with Gasteiger partial charge in [0.2, 0.25) is 0 Å². The minimum Gasteiger partial charge on any atom is -0.388 e. The van der Waals surface area contributed by atoms with Crippen molar-refractivity contribution in [2.24, 2.45) is 5.92 Å². The maximum absolute atomic E-state index is 11.7. The summed E-state index contributed by atoms with van der Waals surface area (Å²) in [7, 11) is -1.38. The van der Waals surface area contributed by atoms with Gasteiger partial charge in [0.15, 0.2) is 0 Å². The minimum atomic E-state index is -3.02. The predicted molar refractivity (Wildman–Crippen MR) is 82.7 cm³/mol. The summed E-state index contributed by atoms with van der Waals surface area (Å²) >= 11 is 0. The molecule has 1 aliphatic carbocycles. The fourth-order valence-electron chi connectivity index (χ4n) is 3.16. The van der Waals surface area contributed by atoms with Crippen molar-refractivity contribution in [2.45, 2.75) is 43.6 Å². The number of sulfone groups is 1. The third-order valence-corrected chi connectivity index (χ3v) is 5.96. The maximum Gasteiger partial charge on any atom is 0.150 e. The standard InChI is InChI=1S/C16H24O4S/c1-20-11-12-5-3-6-13(9-12)16(17)14-7-4-8-15(10-14)21(2,18)19/h3,5-6,9,14-17H,4,7-8,10-11H2,1-2H3. The van der Waals surface area contributed by atoms with Crippen LogP contribution in [0, 0.1) is 5.92 Å². The zero-order valence-electron chi connectivity index (χ0n) is 12.7. The summed E-state index contributed by atoms with van der Waals surface area (Å²) in [5.74, 6) is 0.0104. The van der Waals surface area contributed by atoms with Gasteiger partial charge in [0.1, 0.15) is 9.84 Å². The fraction of sp³-hybridized carbons (Fsp3) is 0.625. The van der Waals surface area contributed by atoms with Crippen molar-refractivity contribution in [2.75, 3.05) is 13.4 Å². The summed E-state index contributed by atoms with van der Waals surface area (Å²) in [6.07, 6.45) is 3.69. The highest BCUT2D eigenvalue weighted by atomic mass is 32.2. The maximum atomic E-state index is 11.7. The van der Waals surface area contributed by atoms with Crippen molar-refractivity contribution in [3.63, 3.8) is 0 Å². The van der Waals surface area contributed by atoms with Crippen LogP contribution in [0.3, 0.4) is 0 Å². The summed E-state index contributed by atoms with van der Waals surface area (Å²) in [5.41, 5.74) is 1.87. The van der Waals surface area contributed by atoms with Crippen LogP contribution in [0.15, 0.2) is 24.3 Å². The Morgan fingerprint density at radius 3 is 2.81 bits per heavy atom. The molecule has 0 aliphatic heterocycles. The molecule has 1 aromatic rings. The van der Waals surface area contributed by atoms with Crippen LogP contribution in [0.5, 0.6) is 0 Å². The van der Waals surface area contributed by atoms with Crippen molar-refractivity contribution in [3.05, 3.63) is 35.4 Å². The Morgan fingerprint density at radius 2 is 2.14 bits per heavy atom. The van der Waals surface area contributed by atoms with Crippen LogP contribution in [-0.4, -0.2) is 32.1 Å². The SMILES string of the molecule is COCc1cccc(C(O)C2CCCC(S(C)(=O)=O)C2)c1. The smallest absolute Gasteiger partial charge is 0.150 e. The van der Waals surface area contributed by atoms with Crippen LogP contribution >= 0.6 is 0 Å². The molecule has 118 valence electrons. The molecule has 0 saturated heterocycles. The third kappa shape index (κ3) is 4.28. The Labute approximate surface area is 127 Å². The average Bonchev–Trinajstić information content (AvgIpc) is 2.46. The van der Waals surface area contributed by atoms with Gasteiger partial charge in [-0.05, 0) is 36.3 Å². The first-order chi connectivity index (χ1) is 9.91. The Bertz CT molecular complexity index is 567. The number of benzene rings is 1. The van der Waals surface area contributed by atoms with E-state index >= 15 is 0 Å². The van der Waals surface area contributed by atoms with Gasteiger partial charge in [-0.1, -0.05) is 30.7 Å². The van der Waals surface area contributed by atoms with E-state index in [0.29, 0.717) is 19.4 Å². The Hall–Kier alpha value is -0.910. The molecular formula is C16H24O4S. The van der Waals surface area contributed by atoms with E-state index in [2.05, 4.69) is 0 Å². The molecule has 0 bridgehead atoms. The topological polar surface area (TPSA) is 63.6 Å². The van der Waals surface area contributed by atoms with Gasteiger partial charge in [0, 0.05) is 13.4 Å². The van der Waals surface area contributed by atoms with E-state index in [1.54, 1.807) is 7.11 Å². The summed E-state index contributed by atoms with van der Waals surface area (Å²) < 4.78 is 28.6. The quantitative estimate of drug-likeness (QED) is 0.907. The highest BCUT2D eigenvalue weighted by molar-refractivity contribution is 7.91. The number of ether oxygens (including phenoxy) is 1. The van der Waals surface area contributed by atoms with Crippen LogP contribution in [0.4, 0.5) is 0 Å². The molecule has 1 saturated carbocycles. The first-order valence-electron chi connectivity index (χ1n) is 7.36. The van der Waals surface area contributed by atoms with Crippen LogP contribution in [0.2, 0.25) is 0 Å². The molecule has 5 heteroatoms. The first kappa shape index (κ1) is 16.5. The molecule has 4 nitrogen and oxygen atoms in total. The minimum absolute atomic E-state index is 0.0104. The number of methoxy groups -OCH3 is 1. The number of aliphatic hydroxyl groups is 1. The van der Waals surface area contributed by atoms with E-state index in [4.69, 9.17) is 4.74 Å². The van der Waals surface area contributed by atoms with Crippen molar-refractivity contribution < 1.29 is 18.3 Å². The van der Waals surface area contributed by atoms with Gasteiger partial charge in [-0.15, -0.1) is 0 Å². The lowest BCUT2D eigenvalue weighted by molar-refractivity contribution is 0.0854. The van der Waals surface area contributed by atoms with E-state index in [9.17, 15) is 13.5 Å². The van der Waals surface area contributed by atoms with Gasteiger partial charge in [0.05, 0.1) is 18.0 Å². The molecule has 0 amide bonds. The molecule has 0 aromatic heterocycles. The van der Waals surface area contributed by atoms with Gasteiger partial charge in [-0.2, -0.15) is 0 Å². The Morgan fingerprint density at radius 1 is 1.38 bits per heavy atom. The van der Waals surface area contributed by atoms with Crippen molar-refractivity contribution >= 4 is 9.84 Å². The normalized spacial score (nSPS) is 24.7. The molecule has 0 heterocycles. The Kier molecular flexibility index (Phi) is 5.41. The zero-order valence-corrected chi connectivity index (χ0v) is 13.5. The predicted octanol–water partition coefficient (Wildman–Crippen LogP) is 2.47. The van der Waals surface area contributed by atoms with E-state index in [1.807, 2.05) is 24.3 Å². The molecule has 0 spiro atoms.